The number of methoxy groups -OCH3 is 1. The summed E-state index contributed by atoms with van der Waals surface area (Å²) in [5, 5.41) is 0. The predicted molar refractivity (Wildman–Crippen MR) is 68.8 cm³/mol. The third kappa shape index (κ3) is 1.85. The van der Waals surface area contributed by atoms with Crippen LogP contribution in [0.15, 0.2) is 27.4 Å². The van der Waals surface area contributed by atoms with Gasteiger partial charge in [0, 0.05) is 7.05 Å². The first kappa shape index (κ1) is 12.0. The van der Waals surface area contributed by atoms with E-state index >= 15 is 0 Å². The van der Waals surface area contributed by atoms with Crippen LogP contribution < -0.4 is 5.76 Å². The summed E-state index contributed by atoms with van der Waals surface area (Å²) in [6.07, 6.45) is 2.35. The minimum absolute atomic E-state index is 0.151. The van der Waals surface area contributed by atoms with Gasteiger partial charge in [-0.05, 0) is 37.0 Å². The summed E-state index contributed by atoms with van der Waals surface area (Å²) in [7, 11) is 3.09. The molecule has 0 atom stereocenters. The molecule has 0 amide bonds. The lowest BCUT2D eigenvalue weighted by Gasteiger charge is -2.12. The zero-order valence-electron chi connectivity index (χ0n) is 10.9. The SMILES string of the molecule is COC(=O)C1(Cc2ccc3c(c2)oc(=O)n3C)CC1. The fourth-order valence-corrected chi connectivity index (χ4v) is 2.50. The van der Waals surface area contributed by atoms with E-state index in [0.717, 1.165) is 23.9 Å². The van der Waals surface area contributed by atoms with E-state index < -0.39 is 0 Å². The van der Waals surface area contributed by atoms with Gasteiger partial charge in [0.15, 0.2) is 5.58 Å². The van der Waals surface area contributed by atoms with Crippen LogP contribution in [-0.2, 0) is 23.0 Å². The lowest BCUT2D eigenvalue weighted by atomic mass is 9.96. The molecule has 0 radical (unpaired) electrons. The first-order valence-electron chi connectivity index (χ1n) is 6.23. The summed E-state index contributed by atoms with van der Waals surface area (Å²) in [4.78, 5) is 23.1. The van der Waals surface area contributed by atoms with E-state index in [9.17, 15) is 9.59 Å². The normalized spacial score (nSPS) is 16.5. The monoisotopic (exact) mass is 261 g/mol. The van der Waals surface area contributed by atoms with Crippen LogP contribution in [0, 0.1) is 5.41 Å². The standard InChI is InChI=1S/C14H15NO4/c1-15-10-4-3-9(7-11(10)19-13(15)17)8-14(5-6-14)12(16)18-2/h3-4,7H,5-6,8H2,1-2H3. The minimum atomic E-state index is -0.374. The van der Waals surface area contributed by atoms with Crippen molar-refractivity contribution in [2.45, 2.75) is 19.3 Å². The highest BCUT2D eigenvalue weighted by molar-refractivity contribution is 5.80. The molecule has 3 rings (SSSR count). The summed E-state index contributed by atoms with van der Waals surface area (Å²) in [6.45, 7) is 0. The van der Waals surface area contributed by atoms with Crippen molar-refractivity contribution in [3.8, 4) is 0 Å². The topological polar surface area (TPSA) is 61.4 Å². The second-order valence-electron chi connectivity index (χ2n) is 5.18. The minimum Gasteiger partial charge on any atom is -0.469 e. The van der Waals surface area contributed by atoms with E-state index in [2.05, 4.69) is 0 Å². The van der Waals surface area contributed by atoms with Gasteiger partial charge in [0.25, 0.3) is 0 Å². The van der Waals surface area contributed by atoms with Crippen molar-refractivity contribution in [3.63, 3.8) is 0 Å². The van der Waals surface area contributed by atoms with Gasteiger partial charge in [0.05, 0.1) is 18.0 Å². The average molecular weight is 261 g/mol. The Morgan fingerprint density at radius 1 is 1.47 bits per heavy atom. The Hall–Kier alpha value is -2.04. The van der Waals surface area contributed by atoms with Crippen LogP contribution in [-0.4, -0.2) is 17.6 Å². The Bertz CT molecular complexity index is 706. The quantitative estimate of drug-likeness (QED) is 0.788. The number of hydrogen-bond acceptors (Lipinski definition) is 4. The molecule has 1 fully saturated rings. The third-order valence-corrected chi connectivity index (χ3v) is 3.87. The van der Waals surface area contributed by atoms with Crippen LogP contribution >= 0.6 is 0 Å². The summed E-state index contributed by atoms with van der Waals surface area (Å²) in [5.41, 5.74) is 1.95. The summed E-state index contributed by atoms with van der Waals surface area (Å²) < 4.78 is 11.5. The molecule has 0 saturated heterocycles. The number of carbonyl (C=O) groups excluding carboxylic acids is 1. The van der Waals surface area contributed by atoms with Gasteiger partial charge in [-0.2, -0.15) is 0 Å². The number of benzene rings is 1. The largest absolute Gasteiger partial charge is 0.469 e. The fourth-order valence-electron chi connectivity index (χ4n) is 2.50. The number of nitrogens with zero attached hydrogens (tertiary/aromatic N) is 1. The number of hydrogen-bond donors (Lipinski definition) is 0. The van der Waals surface area contributed by atoms with Crippen molar-refractivity contribution >= 4 is 17.1 Å². The molecule has 0 aliphatic heterocycles. The van der Waals surface area contributed by atoms with E-state index in [1.165, 1.54) is 11.7 Å². The molecule has 0 bridgehead atoms. The first-order valence-corrected chi connectivity index (χ1v) is 6.23. The van der Waals surface area contributed by atoms with Crippen LogP contribution in [0.25, 0.3) is 11.1 Å². The van der Waals surface area contributed by atoms with Crippen molar-refractivity contribution in [1.29, 1.82) is 0 Å². The molecular formula is C14H15NO4. The van der Waals surface area contributed by atoms with E-state index in [4.69, 9.17) is 9.15 Å². The Balaban J connectivity index is 1.94. The molecule has 1 aliphatic rings. The van der Waals surface area contributed by atoms with Gasteiger partial charge < -0.3 is 9.15 Å². The second kappa shape index (κ2) is 3.98. The van der Waals surface area contributed by atoms with E-state index in [-0.39, 0.29) is 17.1 Å². The van der Waals surface area contributed by atoms with Crippen LogP contribution in [0.4, 0.5) is 0 Å². The number of rotatable bonds is 3. The van der Waals surface area contributed by atoms with Gasteiger partial charge in [-0.15, -0.1) is 0 Å². The number of ether oxygens (including phenoxy) is 1. The number of fused-ring (bicyclic) bond motifs is 1. The van der Waals surface area contributed by atoms with Crippen molar-refractivity contribution in [2.24, 2.45) is 12.5 Å². The number of carbonyl (C=O) groups is 1. The third-order valence-electron chi connectivity index (χ3n) is 3.87. The van der Waals surface area contributed by atoms with Gasteiger partial charge in [0.2, 0.25) is 0 Å². The van der Waals surface area contributed by atoms with Crippen molar-refractivity contribution < 1.29 is 13.9 Å². The first-order chi connectivity index (χ1) is 9.05. The van der Waals surface area contributed by atoms with Crippen LogP contribution in [0.1, 0.15) is 18.4 Å². The molecule has 1 aromatic heterocycles. The maximum Gasteiger partial charge on any atom is 0.419 e. The highest BCUT2D eigenvalue weighted by Gasteiger charge is 2.50. The van der Waals surface area contributed by atoms with E-state index in [1.807, 2.05) is 18.2 Å². The molecule has 0 unspecified atom stereocenters. The van der Waals surface area contributed by atoms with Gasteiger partial charge in [-0.3, -0.25) is 9.36 Å². The Morgan fingerprint density at radius 2 is 2.21 bits per heavy atom. The highest BCUT2D eigenvalue weighted by atomic mass is 16.5. The molecule has 5 heteroatoms. The lowest BCUT2D eigenvalue weighted by molar-refractivity contribution is -0.147. The zero-order chi connectivity index (χ0) is 13.6. The maximum absolute atomic E-state index is 11.7. The zero-order valence-corrected chi connectivity index (χ0v) is 10.9. The molecule has 19 heavy (non-hydrogen) atoms. The molecule has 0 spiro atoms. The van der Waals surface area contributed by atoms with Crippen LogP contribution in [0.5, 0.6) is 0 Å². The Morgan fingerprint density at radius 3 is 2.84 bits per heavy atom. The van der Waals surface area contributed by atoms with Crippen molar-refractivity contribution in [1.82, 2.24) is 4.57 Å². The second-order valence-corrected chi connectivity index (χ2v) is 5.18. The fraction of sp³-hybridized carbons (Fsp3) is 0.429. The summed E-state index contributed by atoms with van der Waals surface area (Å²) in [5.74, 6) is -0.525. The van der Waals surface area contributed by atoms with Gasteiger partial charge >= 0.3 is 11.7 Å². The van der Waals surface area contributed by atoms with Gasteiger partial charge in [0.1, 0.15) is 0 Å². The number of oxazole rings is 1. The van der Waals surface area contributed by atoms with Crippen LogP contribution in [0.3, 0.4) is 0 Å². The molecule has 1 heterocycles. The van der Waals surface area contributed by atoms with Crippen molar-refractivity contribution in [3.05, 3.63) is 34.3 Å². The molecule has 1 aromatic carbocycles. The maximum atomic E-state index is 11.7. The Labute approximate surface area is 109 Å². The van der Waals surface area contributed by atoms with E-state index in [1.54, 1.807) is 7.05 Å². The molecule has 1 aliphatic carbocycles. The number of esters is 1. The van der Waals surface area contributed by atoms with Crippen LogP contribution in [0.2, 0.25) is 0 Å². The lowest BCUT2D eigenvalue weighted by Crippen LogP contribution is -2.19. The number of aryl methyl sites for hydroxylation is 1. The molecule has 100 valence electrons. The molecule has 5 nitrogen and oxygen atoms in total. The van der Waals surface area contributed by atoms with Gasteiger partial charge in [-0.25, -0.2) is 4.79 Å². The average Bonchev–Trinajstić information content (AvgIpc) is 3.12. The molecular weight excluding hydrogens is 246 g/mol. The smallest absolute Gasteiger partial charge is 0.419 e. The molecule has 1 saturated carbocycles. The summed E-state index contributed by atoms with van der Waals surface area (Å²) >= 11 is 0. The molecule has 0 N–H and O–H groups in total. The number of aromatic nitrogens is 1. The summed E-state index contributed by atoms with van der Waals surface area (Å²) in [6, 6.07) is 5.61. The molecule has 2 aromatic rings. The van der Waals surface area contributed by atoms with Gasteiger partial charge in [-0.1, -0.05) is 6.07 Å². The Kier molecular flexibility index (Phi) is 2.52. The van der Waals surface area contributed by atoms with E-state index in [0.29, 0.717) is 12.0 Å². The highest BCUT2D eigenvalue weighted by Crippen LogP contribution is 2.49. The predicted octanol–water partition coefficient (Wildman–Crippen LogP) is 1.63. The van der Waals surface area contributed by atoms with Crippen molar-refractivity contribution in [2.75, 3.05) is 7.11 Å².